The van der Waals surface area contributed by atoms with E-state index in [0.29, 0.717) is 0 Å². The van der Waals surface area contributed by atoms with Gasteiger partial charge in [0.2, 0.25) is 10.0 Å². The number of nitriles is 1. The highest BCUT2D eigenvalue weighted by atomic mass is 35.5. The second kappa shape index (κ2) is 3.96. The van der Waals surface area contributed by atoms with Gasteiger partial charge in [0.25, 0.3) is 0 Å². The number of halogens is 1. The molecule has 0 saturated heterocycles. The van der Waals surface area contributed by atoms with Crippen molar-refractivity contribution in [1.82, 2.24) is 0 Å². The minimum atomic E-state index is -3.81. The van der Waals surface area contributed by atoms with E-state index in [9.17, 15) is 8.42 Å². The van der Waals surface area contributed by atoms with Gasteiger partial charge in [0.1, 0.15) is 0 Å². The summed E-state index contributed by atoms with van der Waals surface area (Å²) in [5.41, 5.74) is 0.249. The van der Waals surface area contributed by atoms with Crippen molar-refractivity contribution in [1.29, 1.82) is 5.26 Å². The van der Waals surface area contributed by atoms with E-state index in [1.54, 1.807) is 0 Å². The molecule has 1 aromatic carbocycles. The van der Waals surface area contributed by atoms with Crippen LogP contribution in [0.4, 0.5) is 0 Å². The minimum absolute atomic E-state index is 0.0779. The van der Waals surface area contributed by atoms with Crippen molar-refractivity contribution in [3.8, 4) is 6.07 Å². The van der Waals surface area contributed by atoms with E-state index in [2.05, 4.69) is 0 Å². The summed E-state index contributed by atoms with van der Waals surface area (Å²) in [6, 6.07) is 6.15. The number of primary sulfonamides is 1. The first-order valence-electron chi connectivity index (χ1n) is 3.64. The number of hydrogen-bond acceptors (Lipinski definition) is 3. The third kappa shape index (κ3) is 2.23. The molecule has 0 aliphatic heterocycles. The van der Waals surface area contributed by atoms with Crippen LogP contribution in [0.2, 0.25) is 5.02 Å². The number of rotatable bonds is 2. The van der Waals surface area contributed by atoms with Gasteiger partial charge >= 0.3 is 0 Å². The van der Waals surface area contributed by atoms with Crippen LogP contribution in [-0.4, -0.2) is 8.42 Å². The van der Waals surface area contributed by atoms with Gasteiger partial charge in [0, 0.05) is 10.6 Å². The molecule has 0 unspecified atom stereocenters. The smallest absolute Gasteiger partial charge is 0.225 e. The highest BCUT2D eigenvalue weighted by Crippen LogP contribution is 2.23. The number of hydrogen-bond donors (Lipinski definition) is 1. The highest BCUT2D eigenvalue weighted by molar-refractivity contribution is 7.89. The Balaban J connectivity index is 3.45. The first-order valence-corrected chi connectivity index (χ1v) is 5.56. The zero-order chi connectivity index (χ0) is 10.8. The van der Waals surface area contributed by atoms with Crippen LogP contribution >= 0.6 is 11.6 Å². The zero-order valence-corrected chi connectivity index (χ0v) is 8.64. The second-order valence-corrected chi connectivity index (χ2v) is 4.53. The number of nitrogens with zero attached hydrogens (tertiary/aromatic N) is 1. The van der Waals surface area contributed by atoms with Gasteiger partial charge in [-0.3, -0.25) is 0 Å². The summed E-state index contributed by atoms with van der Waals surface area (Å²) in [5.74, 6) is 0. The molecule has 74 valence electrons. The second-order valence-electron chi connectivity index (χ2n) is 2.60. The van der Waals surface area contributed by atoms with Crippen LogP contribution in [0.15, 0.2) is 23.1 Å². The van der Waals surface area contributed by atoms with Crippen molar-refractivity contribution in [3.63, 3.8) is 0 Å². The SMILES string of the molecule is N#CCc1c(Cl)cccc1S(N)(=O)=O. The molecule has 6 heteroatoms. The van der Waals surface area contributed by atoms with Crippen LogP contribution in [0.1, 0.15) is 5.56 Å². The van der Waals surface area contributed by atoms with Crippen molar-refractivity contribution in [2.24, 2.45) is 5.14 Å². The molecule has 0 aliphatic carbocycles. The maximum Gasteiger partial charge on any atom is 0.238 e. The van der Waals surface area contributed by atoms with Crippen molar-refractivity contribution in [2.75, 3.05) is 0 Å². The molecule has 0 fully saturated rings. The molecule has 0 amide bonds. The molecule has 2 N–H and O–H groups in total. The summed E-state index contributed by atoms with van der Waals surface area (Å²) in [5, 5.41) is 13.7. The van der Waals surface area contributed by atoms with E-state index in [-0.39, 0.29) is 21.9 Å². The first-order chi connectivity index (χ1) is 6.46. The van der Waals surface area contributed by atoms with Crippen LogP contribution in [0.5, 0.6) is 0 Å². The highest BCUT2D eigenvalue weighted by Gasteiger charge is 2.15. The summed E-state index contributed by atoms with van der Waals surface area (Å²) < 4.78 is 22.2. The number of nitrogens with two attached hydrogens (primary N) is 1. The summed E-state index contributed by atoms with van der Waals surface area (Å²) in [6.07, 6.45) is -0.0779. The fourth-order valence-electron chi connectivity index (χ4n) is 1.06. The van der Waals surface area contributed by atoms with Crippen LogP contribution < -0.4 is 5.14 Å². The van der Waals surface area contributed by atoms with Gasteiger partial charge in [-0.05, 0) is 12.1 Å². The largest absolute Gasteiger partial charge is 0.238 e. The molecular formula is C8H7ClN2O2S. The summed E-state index contributed by atoms with van der Waals surface area (Å²) in [7, 11) is -3.81. The molecular weight excluding hydrogens is 224 g/mol. The van der Waals surface area contributed by atoms with Gasteiger partial charge in [-0.25, -0.2) is 13.6 Å². The van der Waals surface area contributed by atoms with Crippen LogP contribution in [-0.2, 0) is 16.4 Å². The minimum Gasteiger partial charge on any atom is -0.225 e. The standard InChI is InChI=1S/C8H7ClN2O2S/c9-7-2-1-3-8(14(11,12)13)6(7)4-5-10/h1-3H,4H2,(H2,11,12,13). The van der Waals surface area contributed by atoms with Gasteiger partial charge in [0.15, 0.2) is 0 Å². The summed E-state index contributed by atoms with van der Waals surface area (Å²) in [6.45, 7) is 0. The Morgan fingerprint density at radius 2 is 2.14 bits per heavy atom. The lowest BCUT2D eigenvalue weighted by Gasteiger charge is -2.05. The molecule has 1 aromatic rings. The quantitative estimate of drug-likeness (QED) is 0.824. The van der Waals surface area contributed by atoms with Crippen LogP contribution in [0.3, 0.4) is 0 Å². The fourth-order valence-corrected chi connectivity index (χ4v) is 2.15. The molecule has 0 aromatic heterocycles. The predicted molar refractivity (Wildman–Crippen MR) is 52.1 cm³/mol. The Labute approximate surface area is 87.0 Å². The summed E-state index contributed by atoms with van der Waals surface area (Å²) in [4.78, 5) is -0.0912. The first kappa shape index (κ1) is 11.0. The topological polar surface area (TPSA) is 83.9 Å². The van der Waals surface area contributed by atoms with E-state index in [4.69, 9.17) is 22.0 Å². The lowest BCUT2D eigenvalue weighted by Crippen LogP contribution is -2.14. The van der Waals surface area contributed by atoms with Crippen molar-refractivity contribution in [3.05, 3.63) is 28.8 Å². The third-order valence-electron chi connectivity index (χ3n) is 1.64. The fraction of sp³-hybridized carbons (Fsp3) is 0.125. The normalized spacial score (nSPS) is 10.9. The average molecular weight is 231 g/mol. The predicted octanol–water partition coefficient (Wildman–Crippen LogP) is 1.05. The molecule has 0 radical (unpaired) electrons. The van der Waals surface area contributed by atoms with Crippen molar-refractivity contribution >= 4 is 21.6 Å². The maximum absolute atomic E-state index is 11.1. The van der Waals surface area contributed by atoms with E-state index in [1.807, 2.05) is 6.07 Å². The average Bonchev–Trinajstić information content (AvgIpc) is 2.07. The van der Waals surface area contributed by atoms with Gasteiger partial charge in [0.05, 0.1) is 17.4 Å². The Morgan fingerprint density at radius 3 is 2.64 bits per heavy atom. The Morgan fingerprint density at radius 1 is 1.50 bits per heavy atom. The van der Waals surface area contributed by atoms with Crippen LogP contribution in [0.25, 0.3) is 0 Å². The lowest BCUT2D eigenvalue weighted by molar-refractivity contribution is 0.597. The molecule has 0 bridgehead atoms. The third-order valence-corrected chi connectivity index (χ3v) is 2.99. The monoisotopic (exact) mass is 230 g/mol. The Kier molecular flexibility index (Phi) is 3.11. The Bertz CT molecular complexity index is 491. The summed E-state index contributed by atoms with van der Waals surface area (Å²) >= 11 is 5.74. The van der Waals surface area contributed by atoms with Crippen molar-refractivity contribution in [2.45, 2.75) is 11.3 Å². The molecule has 4 nitrogen and oxygen atoms in total. The van der Waals surface area contributed by atoms with Gasteiger partial charge < -0.3 is 0 Å². The van der Waals surface area contributed by atoms with Crippen molar-refractivity contribution < 1.29 is 8.42 Å². The lowest BCUT2D eigenvalue weighted by atomic mass is 10.2. The molecule has 0 saturated carbocycles. The van der Waals surface area contributed by atoms with E-state index >= 15 is 0 Å². The number of sulfonamides is 1. The molecule has 0 heterocycles. The molecule has 0 aliphatic rings. The van der Waals surface area contributed by atoms with Gasteiger partial charge in [-0.15, -0.1) is 0 Å². The van der Waals surface area contributed by atoms with E-state index in [1.165, 1.54) is 18.2 Å². The van der Waals surface area contributed by atoms with E-state index < -0.39 is 10.0 Å². The maximum atomic E-state index is 11.1. The van der Waals surface area contributed by atoms with E-state index in [0.717, 1.165) is 0 Å². The molecule has 1 rings (SSSR count). The van der Waals surface area contributed by atoms with Gasteiger partial charge in [-0.2, -0.15) is 5.26 Å². The molecule has 14 heavy (non-hydrogen) atoms. The molecule has 0 spiro atoms. The molecule has 0 atom stereocenters. The zero-order valence-electron chi connectivity index (χ0n) is 7.07. The van der Waals surface area contributed by atoms with Gasteiger partial charge in [-0.1, -0.05) is 17.7 Å². The van der Waals surface area contributed by atoms with Crippen LogP contribution in [0, 0.1) is 11.3 Å². The Hall–Kier alpha value is -1.09. The number of benzene rings is 1.